The predicted molar refractivity (Wildman–Crippen MR) is 144 cm³/mol. The topological polar surface area (TPSA) is 22.3 Å². The smallest absolute Gasteiger partial charge is 0.496 e. The van der Waals surface area contributed by atoms with Gasteiger partial charge in [-0.25, -0.2) is 0 Å². The molecule has 0 atom stereocenters. The fourth-order valence-corrected chi connectivity index (χ4v) is 4.63. The normalized spacial score (nSPS) is 11.2. The summed E-state index contributed by atoms with van der Waals surface area (Å²) in [7, 11) is -2.59. The SMILES string of the molecule is COc1cccc(OC)c1-c1c2ccccc2[n+](-c2ccc(I)cc2)c2ccccc12.F[B-](F)(F)F. The lowest BCUT2D eigenvalue weighted by molar-refractivity contribution is -0.537. The number of para-hydroxylation sites is 2. The van der Waals surface area contributed by atoms with E-state index < -0.39 is 7.25 Å². The average molecular weight is 605 g/mol. The molecule has 1 heterocycles. The minimum absolute atomic E-state index is 0.793. The van der Waals surface area contributed by atoms with Crippen LogP contribution in [-0.4, -0.2) is 21.5 Å². The van der Waals surface area contributed by atoms with Crippen LogP contribution in [0.1, 0.15) is 0 Å². The van der Waals surface area contributed by atoms with Crippen molar-refractivity contribution in [2.45, 2.75) is 0 Å². The number of hydrogen-bond donors (Lipinski definition) is 0. The van der Waals surface area contributed by atoms with E-state index >= 15 is 0 Å². The highest BCUT2D eigenvalue weighted by molar-refractivity contribution is 14.1. The Balaban J connectivity index is 0.000000556. The van der Waals surface area contributed by atoms with Gasteiger partial charge in [0, 0.05) is 33.4 Å². The minimum atomic E-state index is -6.00. The Hall–Kier alpha value is -3.34. The zero-order valence-electron chi connectivity index (χ0n) is 19.4. The summed E-state index contributed by atoms with van der Waals surface area (Å²) >= 11 is 2.34. The van der Waals surface area contributed by atoms with Gasteiger partial charge in [0.05, 0.1) is 30.6 Å². The maximum atomic E-state index is 9.75. The lowest BCUT2D eigenvalue weighted by Gasteiger charge is -2.17. The van der Waals surface area contributed by atoms with Gasteiger partial charge in [-0.05, 0) is 59.0 Å². The summed E-state index contributed by atoms with van der Waals surface area (Å²) in [5.74, 6) is 1.59. The molecule has 0 spiro atoms. The first-order valence-corrected chi connectivity index (χ1v) is 12.0. The van der Waals surface area contributed by atoms with Crippen molar-refractivity contribution in [1.29, 1.82) is 0 Å². The fourth-order valence-electron chi connectivity index (χ4n) is 4.27. The molecule has 3 nitrogen and oxygen atoms in total. The molecule has 0 aliphatic rings. The summed E-state index contributed by atoms with van der Waals surface area (Å²) < 4.78 is 54.1. The second-order valence-electron chi connectivity index (χ2n) is 7.75. The quantitative estimate of drug-likeness (QED) is 0.0685. The Morgan fingerprint density at radius 2 is 1.06 bits per heavy atom. The molecular weight excluding hydrogens is 584 g/mol. The Morgan fingerprint density at radius 1 is 0.611 bits per heavy atom. The van der Waals surface area contributed by atoms with Crippen LogP contribution in [0.4, 0.5) is 17.3 Å². The van der Waals surface area contributed by atoms with Crippen LogP contribution in [0.3, 0.4) is 0 Å². The molecule has 0 radical (unpaired) electrons. The van der Waals surface area contributed by atoms with Crippen molar-refractivity contribution in [1.82, 2.24) is 0 Å². The predicted octanol–water partition coefficient (Wildman–Crippen LogP) is 7.86. The zero-order chi connectivity index (χ0) is 25.9. The highest BCUT2D eigenvalue weighted by Crippen LogP contribution is 2.44. The average Bonchev–Trinajstić information content (AvgIpc) is 2.86. The largest absolute Gasteiger partial charge is 0.673 e. The first-order valence-electron chi connectivity index (χ1n) is 10.9. The molecule has 5 rings (SSSR count). The molecule has 0 unspecified atom stereocenters. The highest BCUT2D eigenvalue weighted by atomic mass is 127. The molecule has 4 aromatic carbocycles. The number of benzene rings is 4. The van der Waals surface area contributed by atoms with Crippen molar-refractivity contribution in [3.8, 4) is 28.3 Å². The maximum absolute atomic E-state index is 9.75. The number of halogens is 5. The van der Waals surface area contributed by atoms with Gasteiger partial charge in [0.1, 0.15) is 11.5 Å². The van der Waals surface area contributed by atoms with Gasteiger partial charge in [-0.3, -0.25) is 0 Å². The van der Waals surface area contributed by atoms with E-state index in [0.29, 0.717) is 0 Å². The van der Waals surface area contributed by atoms with Gasteiger partial charge in [-0.15, -0.1) is 0 Å². The molecule has 184 valence electrons. The van der Waals surface area contributed by atoms with Crippen molar-refractivity contribution in [3.63, 3.8) is 0 Å². The summed E-state index contributed by atoms with van der Waals surface area (Å²) in [5, 5.41) is 2.28. The molecule has 36 heavy (non-hydrogen) atoms. The van der Waals surface area contributed by atoms with Crippen LogP contribution in [0.2, 0.25) is 0 Å². The van der Waals surface area contributed by atoms with E-state index in [1.165, 1.54) is 3.57 Å². The van der Waals surface area contributed by atoms with Crippen LogP contribution in [-0.2, 0) is 0 Å². The Morgan fingerprint density at radius 3 is 1.50 bits per heavy atom. The van der Waals surface area contributed by atoms with Gasteiger partial charge >= 0.3 is 7.25 Å². The number of pyridine rings is 1. The maximum Gasteiger partial charge on any atom is 0.673 e. The molecule has 0 aliphatic carbocycles. The molecule has 0 saturated heterocycles. The molecule has 0 amide bonds. The Kier molecular flexibility index (Phi) is 7.68. The number of rotatable bonds is 4. The monoisotopic (exact) mass is 605 g/mol. The second kappa shape index (κ2) is 10.7. The van der Waals surface area contributed by atoms with E-state index in [1.807, 2.05) is 18.2 Å². The van der Waals surface area contributed by atoms with Gasteiger partial charge in [0.15, 0.2) is 0 Å². The number of methoxy groups -OCH3 is 2. The van der Waals surface area contributed by atoms with E-state index in [1.54, 1.807) is 14.2 Å². The van der Waals surface area contributed by atoms with Crippen molar-refractivity contribution in [2.75, 3.05) is 14.2 Å². The molecule has 0 aliphatic heterocycles. The molecule has 0 bridgehead atoms. The summed E-state index contributed by atoms with van der Waals surface area (Å²) in [6, 6.07) is 31.6. The third kappa shape index (κ3) is 5.40. The van der Waals surface area contributed by atoms with E-state index in [9.17, 15) is 17.3 Å². The molecule has 9 heteroatoms. The zero-order valence-corrected chi connectivity index (χ0v) is 21.5. The van der Waals surface area contributed by atoms with Gasteiger partial charge in [-0.2, -0.15) is 4.57 Å². The van der Waals surface area contributed by atoms with E-state index in [4.69, 9.17) is 9.47 Å². The first kappa shape index (κ1) is 25.7. The number of ether oxygens (including phenoxy) is 2. The van der Waals surface area contributed by atoms with Crippen LogP contribution in [0.15, 0.2) is 91.0 Å². The lowest BCUT2D eigenvalue weighted by Crippen LogP contribution is -2.33. The van der Waals surface area contributed by atoms with E-state index in [2.05, 4.69) is 100.0 Å². The van der Waals surface area contributed by atoms with Crippen LogP contribution in [0.25, 0.3) is 38.6 Å². The van der Waals surface area contributed by atoms with E-state index in [0.717, 1.165) is 50.1 Å². The second-order valence-corrected chi connectivity index (χ2v) is 9.00. The molecule has 1 aromatic heterocycles. The standard InChI is InChI=1S/C27H21INO2.BF4/c1-30-24-12-7-13-25(31-2)27(24)26-20-8-3-5-10-22(20)29(19-16-14-18(28)15-17-19)23-11-6-4-9-21(23)26;2-1(3,4)5/h3-17H,1-2H3;/q+1;-1. The van der Waals surface area contributed by atoms with Crippen molar-refractivity contribution >= 4 is 51.7 Å². The number of aromatic nitrogens is 1. The van der Waals surface area contributed by atoms with Gasteiger partial charge in [0.25, 0.3) is 0 Å². The lowest BCUT2D eigenvalue weighted by atomic mass is 9.94. The Labute approximate surface area is 219 Å². The number of fused-ring (bicyclic) bond motifs is 2. The summed E-state index contributed by atoms with van der Waals surface area (Å²) in [6.07, 6.45) is 0. The van der Waals surface area contributed by atoms with E-state index in [-0.39, 0.29) is 0 Å². The summed E-state index contributed by atoms with van der Waals surface area (Å²) in [5.41, 5.74) is 5.47. The summed E-state index contributed by atoms with van der Waals surface area (Å²) in [4.78, 5) is 0. The highest BCUT2D eigenvalue weighted by Gasteiger charge is 2.26. The van der Waals surface area contributed by atoms with Gasteiger partial charge in [-0.1, -0.05) is 30.3 Å². The Bertz CT molecular complexity index is 1440. The molecule has 0 N–H and O–H groups in total. The van der Waals surface area contributed by atoms with Crippen molar-refractivity contribution in [2.24, 2.45) is 0 Å². The molecular formula is C27H21BF4INO2. The summed E-state index contributed by atoms with van der Waals surface area (Å²) in [6.45, 7) is 0. The van der Waals surface area contributed by atoms with Crippen molar-refractivity contribution in [3.05, 3.63) is 94.6 Å². The van der Waals surface area contributed by atoms with Crippen LogP contribution >= 0.6 is 22.6 Å². The number of hydrogen-bond acceptors (Lipinski definition) is 2. The van der Waals surface area contributed by atoms with Gasteiger partial charge < -0.3 is 26.7 Å². The van der Waals surface area contributed by atoms with Crippen LogP contribution < -0.4 is 14.0 Å². The third-order valence-corrected chi connectivity index (χ3v) is 6.31. The third-order valence-electron chi connectivity index (χ3n) is 5.59. The molecule has 5 aromatic rings. The number of nitrogens with zero attached hydrogens (tertiary/aromatic N) is 1. The van der Waals surface area contributed by atoms with Gasteiger partial charge in [0.2, 0.25) is 16.7 Å². The van der Waals surface area contributed by atoms with Crippen LogP contribution in [0, 0.1) is 3.57 Å². The van der Waals surface area contributed by atoms with Crippen LogP contribution in [0.5, 0.6) is 11.5 Å². The molecule has 0 saturated carbocycles. The minimum Gasteiger partial charge on any atom is -0.496 e. The first-order chi connectivity index (χ1) is 17.2. The fraction of sp³-hybridized carbons (Fsp3) is 0.0741. The molecule has 0 fully saturated rings. The van der Waals surface area contributed by atoms with Crippen molar-refractivity contribution < 1.29 is 31.3 Å².